The molecule has 0 aliphatic heterocycles. The van der Waals surface area contributed by atoms with E-state index in [0.717, 1.165) is 19.4 Å². The van der Waals surface area contributed by atoms with E-state index in [1.165, 1.54) is 12.7 Å². The molecule has 1 aromatic rings. The summed E-state index contributed by atoms with van der Waals surface area (Å²) >= 11 is 2.00. The van der Waals surface area contributed by atoms with E-state index >= 15 is 0 Å². The second kappa shape index (κ2) is 5.13. The second-order valence-electron chi connectivity index (χ2n) is 4.13. The highest BCUT2D eigenvalue weighted by Crippen LogP contribution is 2.24. The maximum absolute atomic E-state index is 11.3. The van der Waals surface area contributed by atoms with Crippen molar-refractivity contribution in [1.82, 2.24) is 9.97 Å². The van der Waals surface area contributed by atoms with Gasteiger partial charge >= 0.3 is 0 Å². The predicted octanol–water partition coefficient (Wildman–Crippen LogP) is 0.914. The molecule has 2 rings (SSSR count). The topological polar surface area (TPSA) is 83.8 Å². The first-order valence-electron chi connectivity index (χ1n) is 5.41. The molecule has 0 amide bonds. The molecule has 0 radical (unpaired) electrons. The second-order valence-corrected chi connectivity index (χ2v) is 5.21. The zero-order valence-corrected chi connectivity index (χ0v) is 11.0. The minimum Gasteiger partial charge on any atom is -0.369 e. The third kappa shape index (κ3) is 2.54. The first-order valence-corrected chi connectivity index (χ1v) is 6.49. The average molecular weight is 334 g/mol. The number of anilines is 1. The van der Waals surface area contributed by atoms with Crippen molar-refractivity contribution in [3.05, 3.63) is 20.3 Å². The molecule has 2 unspecified atom stereocenters. The van der Waals surface area contributed by atoms with Crippen molar-refractivity contribution >= 4 is 28.4 Å². The highest BCUT2D eigenvalue weighted by atomic mass is 127. The molecule has 16 heavy (non-hydrogen) atoms. The van der Waals surface area contributed by atoms with Crippen LogP contribution in [0.2, 0.25) is 0 Å². The molecule has 1 aliphatic rings. The van der Waals surface area contributed by atoms with Gasteiger partial charge in [0, 0.05) is 12.6 Å². The van der Waals surface area contributed by atoms with Gasteiger partial charge in [0.25, 0.3) is 5.56 Å². The van der Waals surface area contributed by atoms with Gasteiger partial charge in [0.15, 0.2) is 0 Å². The third-order valence-corrected chi connectivity index (χ3v) is 4.05. The smallest absolute Gasteiger partial charge is 0.266 e. The normalized spacial score (nSPS) is 24.6. The molecule has 5 nitrogen and oxygen atoms in total. The van der Waals surface area contributed by atoms with Gasteiger partial charge < -0.3 is 16.0 Å². The van der Waals surface area contributed by atoms with Crippen LogP contribution in [0.5, 0.6) is 0 Å². The van der Waals surface area contributed by atoms with Crippen LogP contribution in [0.25, 0.3) is 0 Å². The summed E-state index contributed by atoms with van der Waals surface area (Å²) in [6.45, 7) is 0.799. The number of halogens is 1. The molecular weight excluding hydrogens is 319 g/mol. The Hall–Kier alpha value is -0.630. The van der Waals surface area contributed by atoms with Gasteiger partial charge in [-0.25, -0.2) is 4.98 Å². The lowest BCUT2D eigenvalue weighted by atomic mass is 10.1. The van der Waals surface area contributed by atoms with Crippen LogP contribution in [-0.4, -0.2) is 22.6 Å². The van der Waals surface area contributed by atoms with E-state index in [4.69, 9.17) is 5.73 Å². The number of hydrogen-bond acceptors (Lipinski definition) is 4. The van der Waals surface area contributed by atoms with Crippen molar-refractivity contribution < 1.29 is 0 Å². The Balaban J connectivity index is 1.99. The molecule has 0 spiro atoms. The monoisotopic (exact) mass is 334 g/mol. The number of aromatic amines is 1. The molecule has 2 atom stereocenters. The van der Waals surface area contributed by atoms with E-state index in [9.17, 15) is 4.79 Å². The number of H-pyrrole nitrogens is 1. The first-order chi connectivity index (χ1) is 7.68. The first kappa shape index (κ1) is 11.8. The van der Waals surface area contributed by atoms with Crippen LogP contribution >= 0.6 is 22.6 Å². The van der Waals surface area contributed by atoms with Crippen LogP contribution < -0.4 is 16.6 Å². The number of rotatable bonds is 3. The molecule has 1 fully saturated rings. The Labute approximate surface area is 107 Å². The van der Waals surface area contributed by atoms with Gasteiger partial charge in [0.05, 0.1) is 6.33 Å². The number of aromatic nitrogens is 2. The fourth-order valence-corrected chi connectivity index (χ4v) is 2.54. The van der Waals surface area contributed by atoms with Crippen LogP contribution in [0, 0.1) is 9.49 Å². The van der Waals surface area contributed by atoms with Crippen molar-refractivity contribution in [2.75, 3.05) is 11.9 Å². The Kier molecular flexibility index (Phi) is 3.80. The fourth-order valence-electron chi connectivity index (χ4n) is 2.05. The summed E-state index contributed by atoms with van der Waals surface area (Å²) in [5, 5.41) is 3.21. The number of nitrogens with one attached hydrogen (secondary N) is 2. The summed E-state index contributed by atoms with van der Waals surface area (Å²) in [4.78, 5) is 18.0. The zero-order valence-electron chi connectivity index (χ0n) is 8.87. The minimum atomic E-state index is -0.103. The van der Waals surface area contributed by atoms with Gasteiger partial charge in [-0.15, -0.1) is 0 Å². The molecule has 1 aromatic heterocycles. The average Bonchev–Trinajstić information content (AvgIpc) is 2.67. The van der Waals surface area contributed by atoms with E-state index in [1.54, 1.807) is 0 Å². The Morgan fingerprint density at radius 1 is 1.62 bits per heavy atom. The Morgan fingerprint density at radius 2 is 2.44 bits per heavy atom. The third-order valence-electron chi connectivity index (χ3n) is 3.05. The van der Waals surface area contributed by atoms with Gasteiger partial charge in [0.1, 0.15) is 9.39 Å². The quantitative estimate of drug-likeness (QED) is 0.718. The highest BCUT2D eigenvalue weighted by Gasteiger charge is 2.23. The van der Waals surface area contributed by atoms with Crippen molar-refractivity contribution in [3.8, 4) is 0 Å². The van der Waals surface area contributed by atoms with Gasteiger partial charge in [0.2, 0.25) is 0 Å². The summed E-state index contributed by atoms with van der Waals surface area (Å²) in [6.07, 6.45) is 4.88. The van der Waals surface area contributed by atoms with Crippen LogP contribution in [0.4, 0.5) is 5.82 Å². The standard InChI is InChI=1S/C10H15IN4O/c11-8-9(14-5-15-10(8)16)13-4-6-2-1-3-7(6)12/h5-7H,1-4,12H2,(H2,13,14,15,16). The van der Waals surface area contributed by atoms with Gasteiger partial charge in [-0.3, -0.25) is 4.79 Å². The molecule has 6 heteroatoms. The predicted molar refractivity (Wildman–Crippen MR) is 71.4 cm³/mol. The molecular formula is C10H15IN4O. The van der Waals surface area contributed by atoms with Gasteiger partial charge in [-0.1, -0.05) is 6.42 Å². The van der Waals surface area contributed by atoms with Crippen LogP contribution in [0.1, 0.15) is 19.3 Å². The molecule has 0 aromatic carbocycles. The van der Waals surface area contributed by atoms with E-state index in [2.05, 4.69) is 15.3 Å². The van der Waals surface area contributed by atoms with Gasteiger partial charge in [-0.2, -0.15) is 0 Å². The van der Waals surface area contributed by atoms with Crippen LogP contribution in [-0.2, 0) is 0 Å². The van der Waals surface area contributed by atoms with E-state index in [-0.39, 0.29) is 11.6 Å². The molecule has 88 valence electrons. The van der Waals surface area contributed by atoms with Crippen molar-refractivity contribution in [2.45, 2.75) is 25.3 Å². The summed E-state index contributed by atoms with van der Waals surface area (Å²) < 4.78 is 0.603. The lowest BCUT2D eigenvalue weighted by Crippen LogP contribution is -2.30. The summed E-state index contributed by atoms with van der Waals surface area (Å²) in [5.41, 5.74) is 5.88. The molecule has 1 saturated carbocycles. The molecule has 4 N–H and O–H groups in total. The highest BCUT2D eigenvalue weighted by molar-refractivity contribution is 14.1. The summed E-state index contributed by atoms with van der Waals surface area (Å²) in [5.74, 6) is 1.15. The number of hydrogen-bond donors (Lipinski definition) is 3. The number of nitrogens with two attached hydrogens (primary N) is 1. The van der Waals surface area contributed by atoms with E-state index in [0.29, 0.717) is 15.3 Å². The van der Waals surface area contributed by atoms with Crippen LogP contribution in [0.15, 0.2) is 11.1 Å². The minimum absolute atomic E-state index is 0.103. The molecule has 1 heterocycles. The van der Waals surface area contributed by atoms with Gasteiger partial charge in [-0.05, 0) is 41.4 Å². The van der Waals surface area contributed by atoms with Crippen molar-refractivity contribution in [3.63, 3.8) is 0 Å². The lowest BCUT2D eigenvalue weighted by molar-refractivity contribution is 0.504. The van der Waals surface area contributed by atoms with Crippen molar-refractivity contribution in [1.29, 1.82) is 0 Å². The summed E-state index contributed by atoms with van der Waals surface area (Å²) in [7, 11) is 0. The fraction of sp³-hybridized carbons (Fsp3) is 0.600. The maximum atomic E-state index is 11.3. The Bertz CT molecular complexity index is 420. The number of nitrogens with zero attached hydrogens (tertiary/aromatic N) is 1. The molecule has 0 saturated heterocycles. The Morgan fingerprint density at radius 3 is 3.12 bits per heavy atom. The SMILES string of the molecule is NC1CCCC1CNc1nc[nH]c(=O)c1I. The molecule has 1 aliphatic carbocycles. The molecule has 0 bridgehead atoms. The summed E-state index contributed by atoms with van der Waals surface area (Å²) in [6, 6.07) is 0.284. The maximum Gasteiger partial charge on any atom is 0.266 e. The van der Waals surface area contributed by atoms with Crippen molar-refractivity contribution in [2.24, 2.45) is 11.7 Å². The zero-order chi connectivity index (χ0) is 11.5. The van der Waals surface area contributed by atoms with E-state index < -0.39 is 0 Å². The van der Waals surface area contributed by atoms with Crippen LogP contribution in [0.3, 0.4) is 0 Å². The lowest BCUT2D eigenvalue weighted by Gasteiger charge is -2.16. The van der Waals surface area contributed by atoms with E-state index in [1.807, 2.05) is 22.6 Å². The largest absolute Gasteiger partial charge is 0.369 e.